The Hall–Kier alpha value is -0.410. The molecule has 1 N–H and O–H groups in total. The highest BCUT2D eigenvalue weighted by molar-refractivity contribution is 7.11. The van der Waals surface area contributed by atoms with Gasteiger partial charge < -0.3 is 5.32 Å². The van der Waals surface area contributed by atoms with E-state index in [0.717, 1.165) is 13.0 Å². The highest BCUT2D eigenvalue weighted by Gasteiger charge is 2.05. The Morgan fingerprint density at radius 1 is 1.43 bits per heavy atom. The monoisotopic (exact) mass is 212 g/mol. The van der Waals surface area contributed by atoms with Crippen molar-refractivity contribution in [3.05, 3.63) is 15.6 Å². The molecule has 0 aliphatic rings. The molecular formula is C11H20N2S. The van der Waals surface area contributed by atoms with Crippen molar-refractivity contribution >= 4 is 11.3 Å². The van der Waals surface area contributed by atoms with Crippen LogP contribution in [0.3, 0.4) is 0 Å². The van der Waals surface area contributed by atoms with E-state index in [1.807, 2.05) is 11.3 Å². The van der Waals surface area contributed by atoms with Gasteiger partial charge in [0.1, 0.15) is 0 Å². The summed E-state index contributed by atoms with van der Waals surface area (Å²) in [4.78, 5) is 5.89. The van der Waals surface area contributed by atoms with Crippen LogP contribution in [0.15, 0.2) is 0 Å². The van der Waals surface area contributed by atoms with Gasteiger partial charge in [0, 0.05) is 17.3 Å². The van der Waals surface area contributed by atoms with Crippen molar-refractivity contribution < 1.29 is 0 Å². The Bertz CT molecular complexity index is 261. The first-order valence-electron chi connectivity index (χ1n) is 5.29. The van der Waals surface area contributed by atoms with Gasteiger partial charge in [-0.25, -0.2) is 4.98 Å². The van der Waals surface area contributed by atoms with Crippen LogP contribution in [-0.2, 0) is 6.42 Å². The zero-order valence-electron chi connectivity index (χ0n) is 9.55. The number of hydrogen-bond donors (Lipinski definition) is 1. The van der Waals surface area contributed by atoms with Gasteiger partial charge in [0.25, 0.3) is 0 Å². The molecule has 0 aliphatic carbocycles. The topological polar surface area (TPSA) is 24.9 Å². The molecule has 2 nitrogen and oxygen atoms in total. The van der Waals surface area contributed by atoms with E-state index in [9.17, 15) is 0 Å². The van der Waals surface area contributed by atoms with Crippen LogP contribution >= 0.6 is 11.3 Å². The average molecular weight is 212 g/mol. The zero-order chi connectivity index (χ0) is 10.6. The van der Waals surface area contributed by atoms with E-state index < -0.39 is 0 Å². The molecular weight excluding hydrogens is 192 g/mol. The standard InChI is InChI=1S/C11H20N2S/c1-5-12-8(2)6-7-11-13-9(3)10(4)14-11/h8,12H,5-7H2,1-4H3. The third-order valence-corrected chi connectivity index (χ3v) is 3.55. The first kappa shape index (κ1) is 11.7. The Morgan fingerprint density at radius 2 is 2.14 bits per heavy atom. The molecule has 1 rings (SSSR count). The molecule has 1 aromatic heterocycles. The zero-order valence-corrected chi connectivity index (χ0v) is 10.4. The van der Waals surface area contributed by atoms with Gasteiger partial charge in [-0.3, -0.25) is 0 Å². The number of nitrogens with zero attached hydrogens (tertiary/aromatic N) is 1. The van der Waals surface area contributed by atoms with E-state index in [4.69, 9.17) is 0 Å². The predicted molar refractivity (Wildman–Crippen MR) is 63.0 cm³/mol. The largest absolute Gasteiger partial charge is 0.315 e. The van der Waals surface area contributed by atoms with Crippen LogP contribution in [0.25, 0.3) is 0 Å². The summed E-state index contributed by atoms with van der Waals surface area (Å²) in [6.07, 6.45) is 2.29. The smallest absolute Gasteiger partial charge is 0.0931 e. The van der Waals surface area contributed by atoms with Crippen LogP contribution in [0.4, 0.5) is 0 Å². The normalized spacial score (nSPS) is 13.1. The van der Waals surface area contributed by atoms with Gasteiger partial charge >= 0.3 is 0 Å². The molecule has 0 fully saturated rings. The maximum atomic E-state index is 4.53. The van der Waals surface area contributed by atoms with Crippen molar-refractivity contribution in [3.63, 3.8) is 0 Å². The highest BCUT2D eigenvalue weighted by atomic mass is 32.1. The number of rotatable bonds is 5. The minimum Gasteiger partial charge on any atom is -0.315 e. The fraction of sp³-hybridized carbons (Fsp3) is 0.727. The predicted octanol–water partition coefficient (Wildman–Crippen LogP) is 2.69. The lowest BCUT2D eigenvalue weighted by atomic mass is 10.2. The average Bonchev–Trinajstić information content (AvgIpc) is 2.44. The molecule has 1 aromatic rings. The van der Waals surface area contributed by atoms with E-state index in [0.29, 0.717) is 6.04 Å². The molecule has 0 aliphatic heterocycles. The molecule has 80 valence electrons. The fourth-order valence-electron chi connectivity index (χ4n) is 1.44. The Morgan fingerprint density at radius 3 is 2.64 bits per heavy atom. The van der Waals surface area contributed by atoms with E-state index in [-0.39, 0.29) is 0 Å². The van der Waals surface area contributed by atoms with Crippen LogP contribution in [0, 0.1) is 13.8 Å². The summed E-state index contributed by atoms with van der Waals surface area (Å²) in [5, 5.41) is 4.70. The molecule has 1 heterocycles. The van der Waals surface area contributed by atoms with Crippen LogP contribution in [0.2, 0.25) is 0 Å². The maximum Gasteiger partial charge on any atom is 0.0931 e. The van der Waals surface area contributed by atoms with Gasteiger partial charge in [-0.2, -0.15) is 0 Å². The third-order valence-electron chi connectivity index (χ3n) is 2.42. The minimum atomic E-state index is 0.601. The van der Waals surface area contributed by atoms with E-state index in [2.05, 4.69) is 38.0 Å². The van der Waals surface area contributed by atoms with Crippen molar-refractivity contribution in [1.29, 1.82) is 0 Å². The van der Waals surface area contributed by atoms with Gasteiger partial charge in [-0.15, -0.1) is 11.3 Å². The Kier molecular flexibility index (Phi) is 4.55. The molecule has 0 saturated heterocycles. The highest BCUT2D eigenvalue weighted by Crippen LogP contribution is 2.18. The number of nitrogens with one attached hydrogen (secondary N) is 1. The van der Waals surface area contributed by atoms with E-state index in [1.54, 1.807) is 0 Å². The van der Waals surface area contributed by atoms with Crippen LogP contribution in [0.5, 0.6) is 0 Å². The number of aryl methyl sites for hydroxylation is 3. The summed E-state index contributed by atoms with van der Waals surface area (Å²) in [5.74, 6) is 0. The molecule has 0 aromatic carbocycles. The summed E-state index contributed by atoms with van der Waals surface area (Å²) in [6, 6.07) is 0.601. The quantitative estimate of drug-likeness (QED) is 0.811. The van der Waals surface area contributed by atoms with Crippen LogP contribution < -0.4 is 5.32 Å². The minimum absolute atomic E-state index is 0.601. The summed E-state index contributed by atoms with van der Waals surface area (Å²) >= 11 is 1.84. The van der Waals surface area contributed by atoms with Crippen molar-refractivity contribution in [2.24, 2.45) is 0 Å². The molecule has 0 saturated carbocycles. The molecule has 1 atom stereocenters. The number of hydrogen-bond acceptors (Lipinski definition) is 3. The lowest BCUT2D eigenvalue weighted by Gasteiger charge is -2.10. The third kappa shape index (κ3) is 3.39. The number of thiazole rings is 1. The van der Waals surface area contributed by atoms with Crippen molar-refractivity contribution in [2.75, 3.05) is 6.54 Å². The first-order chi connectivity index (χ1) is 6.63. The fourth-order valence-corrected chi connectivity index (χ4v) is 2.39. The van der Waals surface area contributed by atoms with Gasteiger partial charge in [0.2, 0.25) is 0 Å². The second kappa shape index (κ2) is 5.47. The first-order valence-corrected chi connectivity index (χ1v) is 6.11. The maximum absolute atomic E-state index is 4.53. The second-order valence-electron chi connectivity index (χ2n) is 3.75. The Balaban J connectivity index is 2.38. The van der Waals surface area contributed by atoms with Crippen molar-refractivity contribution in [3.8, 4) is 0 Å². The van der Waals surface area contributed by atoms with Crippen molar-refractivity contribution in [2.45, 2.75) is 46.6 Å². The SMILES string of the molecule is CCNC(C)CCc1nc(C)c(C)s1. The lowest BCUT2D eigenvalue weighted by Crippen LogP contribution is -2.25. The Labute approximate surface area is 90.8 Å². The summed E-state index contributed by atoms with van der Waals surface area (Å²) in [5.41, 5.74) is 1.20. The lowest BCUT2D eigenvalue weighted by molar-refractivity contribution is 0.530. The van der Waals surface area contributed by atoms with Gasteiger partial charge in [0.05, 0.1) is 10.7 Å². The summed E-state index contributed by atoms with van der Waals surface area (Å²) in [6.45, 7) is 9.66. The van der Waals surface area contributed by atoms with Gasteiger partial charge in [-0.05, 0) is 33.7 Å². The molecule has 0 spiro atoms. The van der Waals surface area contributed by atoms with Crippen LogP contribution in [0.1, 0.15) is 35.8 Å². The molecule has 14 heavy (non-hydrogen) atoms. The second-order valence-corrected chi connectivity index (χ2v) is 5.03. The van der Waals surface area contributed by atoms with Gasteiger partial charge in [0.15, 0.2) is 0 Å². The molecule has 3 heteroatoms. The molecule has 0 radical (unpaired) electrons. The molecule has 1 unspecified atom stereocenters. The van der Waals surface area contributed by atoms with Crippen LogP contribution in [-0.4, -0.2) is 17.6 Å². The summed E-state index contributed by atoms with van der Waals surface area (Å²) < 4.78 is 0. The number of aromatic nitrogens is 1. The van der Waals surface area contributed by atoms with E-state index >= 15 is 0 Å². The van der Waals surface area contributed by atoms with Crippen molar-refractivity contribution in [1.82, 2.24) is 10.3 Å². The molecule has 0 amide bonds. The molecule has 0 bridgehead atoms. The summed E-state index contributed by atoms with van der Waals surface area (Å²) in [7, 11) is 0. The van der Waals surface area contributed by atoms with Gasteiger partial charge in [-0.1, -0.05) is 6.92 Å². The van der Waals surface area contributed by atoms with E-state index in [1.165, 1.54) is 22.0 Å².